The Labute approximate surface area is 181 Å². The molecular weight excluding hydrogens is 392 g/mol. The molecule has 2 amide bonds. The van der Waals surface area contributed by atoms with Gasteiger partial charge in [0.25, 0.3) is 11.8 Å². The van der Waals surface area contributed by atoms with Gasteiger partial charge in [-0.3, -0.25) is 9.59 Å². The SMILES string of the molecule is Cc1ccc(NC(=O)c2cccc(C#N)c2)cc1-c1cc(C(=O)NCC(C)(C)C)on1. The first-order chi connectivity index (χ1) is 14.7. The van der Waals surface area contributed by atoms with E-state index in [9.17, 15) is 9.59 Å². The van der Waals surface area contributed by atoms with Gasteiger partial charge in [-0.15, -0.1) is 0 Å². The molecule has 2 N–H and O–H groups in total. The molecule has 2 aromatic carbocycles. The molecule has 0 saturated carbocycles. The van der Waals surface area contributed by atoms with Crippen molar-refractivity contribution < 1.29 is 14.1 Å². The maximum atomic E-state index is 12.6. The van der Waals surface area contributed by atoms with Crippen LogP contribution in [0.2, 0.25) is 0 Å². The molecule has 0 aliphatic rings. The van der Waals surface area contributed by atoms with E-state index >= 15 is 0 Å². The molecule has 7 nitrogen and oxygen atoms in total. The number of aromatic nitrogens is 1. The van der Waals surface area contributed by atoms with E-state index in [0.717, 1.165) is 11.1 Å². The average Bonchev–Trinajstić information content (AvgIpc) is 3.23. The third kappa shape index (κ3) is 5.58. The summed E-state index contributed by atoms with van der Waals surface area (Å²) in [7, 11) is 0. The minimum atomic E-state index is -0.326. The van der Waals surface area contributed by atoms with Crippen molar-refractivity contribution in [3.63, 3.8) is 0 Å². The summed E-state index contributed by atoms with van der Waals surface area (Å²) in [5.74, 6) is -0.524. The highest BCUT2D eigenvalue weighted by atomic mass is 16.5. The third-order valence-electron chi connectivity index (χ3n) is 4.54. The molecule has 158 valence electrons. The number of nitriles is 1. The van der Waals surface area contributed by atoms with Crippen molar-refractivity contribution in [2.45, 2.75) is 27.7 Å². The molecule has 0 fully saturated rings. The minimum Gasteiger partial charge on any atom is -0.350 e. The predicted molar refractivity (Wildman–Crippen MR) is 118 cm³/mol. The predicted octanol–water partition coefficient (Wildman–Crippen LogP) is 4.55. The summed E-state index contributed by atoms with van der Waals surface area (Å²) < 4.78 is 5.24. The molecule has 0 radical (unpaired) electrons. The van der Waals surface area contributed by atoms with Gasteiger partial charge < -0.3 is 15.2 Å². The number of rotatable bonds is 5. The number of nitrogens with one attached hydrogen (secondary N) is 2. The van der Waals surface area contributed by atoms with Crippen LogP contribution in [0.1, 0.15) is 52.8 Å². The normalized spacial score (nSPS) is 10.9. The zero-order chi connectivity index (χ0) is 22.6. The van der Waals surface area contributed by atoms with E-state index in [1.807, 2.05) is 39.8 Å². The Balaban J connectivity index is 1.79. The number of anilines is 1. The van der Waals surface area contributed by atoms with Crippen LogP contribution in [0.4, 0.5) is 5.69 Å². The number of carbonyl (C=O) groups excluding carboxylic acids is 2. The fourth-order valence-electron chi connectivity index (χ4n) is 2.85. The van der Waals surface area contributed by atoms with Gasteiger partial charge in [0, 0.05) is 29.4 Å². The number of hydrogen-bond donors (Lipinski definition) is 2. The van der Waals surface area contributed by atoms with Gasteiger partial charge in [-0.25, -0.2) is 0 Å². The molecule has 0 saturated heterocycles. The zero-order valence-electron chi connectivity index (χ0n) is 17.9. The number of amides is 2. The first kappa shape index (κ1) is 21.8. The Morgan fingerprint density at radius 2 is 1.87 bits per heavy atom. The maximum Gasteiger partial charge on any atom is 0.289 e. The van der Waals surface area contributed by atoms with Crippen molar-refractivity contribution in [1.29, 1.82) is 5.26 Å². The summed E-state index contributed by atoms with van der Waals surface area (Å²) in [5, 5.41) is 18.7. The van der Waals surface area contributed by atoms with E-state index in [-0.39, 0.29) is 23.0 Å². The van der Waals surface area contributed by atoms with Crippen LogP contribution in [-0.4, -0.2) is 23.5 Å². The summed E-state index contributed by atoms with van der Waals surface area (Å²) in [6, 6.07) is 15.5. The van der Waals surface area contributed by atoms with Crippen LogP contribution in [0.5, 0.6) is 0 Å². The molecule has 31 heavy (non-hydrogen) atoms. The average molecular weight is 416 g/mol. The molecule has 7 heteroatoms. The Kier molecular flexibility index (Phi) is 6.21. The first-order valence-electron chi connectivity index (χ1n) is 9.84. The van der Waals surface area contributed by atoms with E-state index in [4.69, 9.17) is 9.78 Å². The Morgan fingerprint density at radius 3 is 2.58 bits per heavy atom. The quantitative estimate of drug-likeness (QED) is 0.634. The number of benzene rings is 2. The van der Waals surface area contributed by atoms with Gasteiger partial charge in [0.15, 0.2) is 0 Å². The summed E-state index contributed by atoms with van der Waals surface area (Å²) in [4.78, 5) is 24.9. The van der Waals surface area contributed by atoms with Crippen molar-refractivity contribution in [3.8, 4) is 17.3 Å². The van der Waals surface area contributed by atoms with Crippen molar-refractivity contribution in [3.05, 3.63) is 71.0 Å². The van der Waals surface area contributed by atoms with E-state index in [0.29, 0.717) is 29.1 Å². The molecule has 3 rings (SSSR count). The second-order valence-electron chi connectivity index (χ2n) is 8.50. The number of nitrogens with zero attached hydrogens (tertiary/aromatic N) is 2. The van der Waals surface area contributed by atoms with Gasteiger partial charge in [-0.2, -0.15) is 5.26 Å². The molecular formula is C24H24N4O3. The van der Waals surface area contributed by atoms with E-state index < -0.39 is 0 Å². The fourth-order valence-corrected chi connectivity index (χ4v) is 2.85. The molecule has 0 bridgehead atoms. The monoisotopic (exact) mass is 416 g/mol. The highest BCUT2D eigenvalue weighted by molar-refractivity contribution is 6.04. The van der Waals surface area contributed by atoms with Crippen LogP contribution in [0.15, 0.2) is 53.1 Å². The van der Waals surface area contributed by atoms with Crippen molar-refractivity contribution in [1.82, 2.24) is 10.5 Å². The standard InChI is InChI=1S/C24H24N4O3/c1-15-8-9-18(27-22(29)17-7-5-6-16(10-17)13-25)11-19(15)20-12-21(31-28-20)23(30)26-14-24(2,3)4/h5-12H,14H2,1-4H3,(H,26,30)(H,27,29). The lowest BCUT2D eigenvalue weighted by Gasteiger charge is -2.17. The lowest BCUT2D eigenvalue weighted by atomic mass is 9.97. The summed E-state index contributed by atoms with van der Waals surface area (Å²) >= 11 is 0. The van der Waals surface area contributed by atoms with Gasteiger partial charge in [-0.1, -0.05) is 38.1 Å². The molecule has 0 spiro atoms. The number of hydrogen-bond acceptors (Lipinski definition) is 5. The van der Waals surface area contributed by atoms with E-state index in [2.05, 4.69) is 15.8 Å². The summed E-state index contributed by atoms with van der Waals surface area (Å²) in [6.45, 7) is 8.50. The van der Waals surface area contributed by atoms with E-state index in [1.54, 1.807) is 36.4 Å². The van der Waals surface area contributed by atoms with Gasteiger partial charge in [-0.05, 0) is 48.2 Å². The van der Waals surface area contributed by atoms with Crippen LogP contribution < -0.4 is 10.6 Å². The van der Waals surface area contributed by atoms with Crippen LogP contribution in [0, 0.1) is 23.7 Å². The van der Waals surface area contributed by atoms with Crippen LogP contribution >= 0.6 is 0 Å². The lowest BCUT2D eigenvalue weighted by molar-refractivity contribution is 0.0902. The highest BCUT2D eigenvalue weighted by Gasteiger charge is 2.18. The smallest absolute Gasteiger partial charge is 0.289 e. The topological polar surface area (TPSA) is 108 Å². The van der Waals surface area contributed by atoms with Gasteiger partial charge in [0.1, 0.15) is 5.69 Å². The molecule has 0 aliphatic heterocycles. The van der Waals surface area contributed by atoms with E-state index in [1.165, 1.54) is 6.07 Å². The molecule has 0 atom stereocenters. The fraction of sp³-hybridized carbons (Fsp3) is 0.250. The van der Waals surface area contributed by atoms with Gasteiger partial charge in [0.05, 0.1) is 11.6 Å². The minimum absolute atomic E-state index is 0.0472. The molecule has 0 aliphatic carbocycles. The molecule has 0 unspecified atom stereocenters. The molecule has 1 heterocycles. The Morgan fingerprint density at radius 1 is 1.10 bits per heavy atom. The van der Waals surface area contributed by atoms with Crippen molar-refractivity contribution in [2.24, 2.45) is 5.41 Å². The number of carbonyl (C=O) groups is 2. The van der Waals surface area contributed by atoms with Crippen molar-refractivity contribution >= 4 is 17.5 Å². The Bertz CT molecular complexity index is 1170. The highest BCUT2D eigenvalue weighted by Crippen LogP contribution is 2.27. The second kappa shape index (κ2) is 8.84. The first-order valence-corrected chi connectivity index (χ1v) is 9.84. The summed E-state index contributed by atoms with van der Waals surface area (Å²) in [6.07, 6.45) is 0. The second-order valence-corrected chi connectivity index (χ2v) is 8.50. The zero-order valence-corrected chi connectivity index (χ0v) is 17.9. The molecule has 3 aromatic rings. The van der Waals surface area contributed by atoms with Crippen LogP contribution in [0.25, 0.3) is 11.3 Å². The lowest BCUT2D eigenvalue weighted by Crippen LogP contribution is -2.31. The van der Waals surface area contributed by atoms with Crippen LogP contribution in [0.3, 0.4) is 0 Å². The van der Waals surface area contributed by atoms with Crippen molar-refractivity contribution in [2.75, 3.05) is 11.9 Å². The largest absolute Gasteiger partial charge is 0.350 e. The third-order valence-corrected chi connectivity index (χ3v) is 4.54. The molecule has 1 aromatic heterocycles. The maximum absolute atomic E-state index is 12.6. The summed E-state index contributed by atoms with van der Waals surface area (Å²) in [5.41, 5.74) is 3.48. The van der Waals surface area contributed by atoms with Gasteiger partial charge >= 0.3 is 0 Å². The number of aryl methyl sites for hydroxylation is 1. The van der Waals surface area contributed by atoms with Gasteiger partial charge in [0.2, 0.25) is 5.76 Å². The van der Waals surface area contributed by atoms with Crippen LogP contribution in [-0.2, 0) is 0 Å². The Hall–Kier alpha value is -3.92.